The Hall–Kier alpha value is -2.21. The summed E-state index contributed by atoms with van der Waals surface area (Å²) in [6.45, 7) is 0.109. The van der Waals surface area contributed by atoms with Gasteiger partial charge in [0.1, 0.15) is 18.1 Å². The van der Waals surface area contributed by atoms with Crippen molar-refractivity contribution < 1.29 is 19.4 Å². The fourth-order valence-corrected chi connectivity index (χ4v) is 2.35. The Labute approximate surface area is 130 Å². The zero-order chi connectivity index (χ0) is 15.4. The predicted molar refractivity (Wildman–Crippen MR) is 82.8 cm³/mol. The summed E-state index contributed by atoms with van der Waals surface area (Å²) >= 11 is 3.38. The molecule has 2 rings (SSSR count). The first-order valence-corrected chi connectivity index (χ1v) is 6.89. The number of halogens is 1. The minimum absolute atomic E-state index is 0.0714. The van der Waals surface area contributed by atoms with Crippen LogP contribution < -0.4 is 15.2 Å². The molecule has 0 saturated carbocycles. The van der Waals surface area contributed by atoms with Crippen LogP contribution in [0.3, 0.4) is 0 Å². The van der Waals surface area contributed by atoms with Crippen molar-refractivity contribution >= 4 is 27.6 Å². The van der Waals surface area contributed by atoms with Gasteiger partial charge in [-0.2, -0.15) is 0 Å². The number of carbonyl (C=O) groups is 1. The topological polar surface area (TPSA) is 81.8 Å². The van der Waals surface area contributed by atoms with Gasteiger partial charge in [0.25, 0.3) is 0 Å². The number of hydrogen-bond donors (Lipinski definition) is 2. The smallest absolute Gasteiger partial charge is 0.338 e. The van der Waals surface area contributed by atoms with E-state index in [-0.39, 0.29) is 17.9 Å². The van der Waals surface area contributed by atoms with Gasteiger partial charge in [0.2, 0.25) is 0 Å². The minimum atomic E-state index is -1.07. The standard InChI is InChI=1S/C15H14BrNO4/c1-20-10-5-6-13(11(16)7-10)21-8-9-3-2-4-12(17)14(9)15(18)19/h2-7H,8,17H2,1H3,(H,18,19). The molecule has 110 valence electrons. The molecular weight excluding hydrogens is 338 g/mol. The van der Waals surface area contributed by atoms with Gasteiger partial charge < -0.3 is 20.3 Å². The van der Waals surface area contributed by atoms with E-state index in [2.05, 4.69) is 15.9 Å². The first-order chi connectivity index (χ1) is 10.0. The second-order valence-corrected chi connectivity index (χ2v) is 5.13. The summed E-state index contributed by atoms with van der Waals surface area (Å²) in [5, 5.41) is 9.21. The molecule has 0 unspecified atom stereocenters. The number of rotatable bonds is 5. The SMILES string of the molecule is COc1ccc(OCc2cccc(N)c2C(=O)O)c(Br)c1. The van der Waals surface area contributed by atoms with Crippen LogP contribution in [0, 0.1) is 0 Å². The van der Waals surface area contributed by atoms with Crippen molar-refractivity contribution in [3.63, 3.8) is 0 Å². The maximum absolute atomic E-state index is 11.2. The van der Waals surface area contributed by atoms with Gasteiger partial charge in [-0.25, -0.2) is 4.79 Å². The van der Waals surface area contributed by atoms with Crippen LogP contribution in [0.15, 0.2) is 40.9 Å². The van der Waals surface area contributed by atoms with Crippen LogP contribution >= 0.6 is 15.9 Å². The number of carboxylic acid groups (broad SMARTS) is 1. The summed E-state index contributed by atoms with van der Waals surface area (Å²) in [4.78, 5) is 11.2. The monoisotopic (exact) mass is 351 g/mol. The van der Waals surface area contributed by atoms with Gasteiger partial charge in [-0.3, -0.25) is 0 Å². The number of ether oxygens (including phenoxy) is 2. The fraction of sp³-hybridized carbons (Fsp3) is 0.133. The van der Waals surface area contributed by atoms with E-state index in [1.165, 1.54) is 0 Å². The van der Waals surface area contributed by atoms with Crippen LogP contribution in [0.25, 0.3) is 0 Å². The van der Waals surface area contributed by atoms with Gasteiger partial charge in [0, 0.05) is 11.3 Å². The lowest BCUT2D eigenvalue weighted by Gasteiger charge is -2.12. The highest BCUT2D eigenvalue weighted by Crippen LogP contribution is 2.30. The summed E-state index contributed by atoms with van der Waals surface area (Å²) in [6, 6.07) is 10.2. The summed E-state index contributed by atoms with van der Waals surface area (Å²) in [7, 11) is 1.58. The van der Waals surface area contributed by atoms with E-state index in [1.54, 1.807) is 43.5 Å². The van der Waals surface area contributed by atoms with Crippen molar-refractivity contribution in [1.29, 1.82) is 0 Å². The lowest BCUT2D eigenvalue weighted by Crippen LogP contribution is -2.09. The highest BCUT2D eigenvalue weighted by Gasteiger charge is 2.14. The van der Waals surface area contributed by atoms with Gasteiger partial charge in [-0.1, -0.05) is 12.1 Å². The van der Waals surface area contributed by atoms with E-state index >= 15 is 0 Å². The Balaban J connectivity index is 2.21. The van der Waals surface area contributed by atoms with Gasteiger partial charge in [-0.05, 0) is 40.2 Å². The molecule has 0 saturated heterocycles. The van der Waals surface area contributed by atoms with E-state index in [0.717, 1.165) is 4.47 Å². The molecule has 3 N–H and O–H groups in total. The van der Waals surface area contributed by atoms with Gasteiger partial charge in [0.15, 0.2) is 0 Å². The second-order valence-electron chi connectivity index (χ2n) is 4.27. The van der Waals surface area contributed by atoms with E-state index in [0.29, 0.717) is 17.1 Å². The molecule has 5 nitrogen and oxygen atoms in total. The number of aromatic carboxylic acids is 1. The van der Waals surface area contributed by atoms with Crippen molar-refractivity contribution in [2.24, 2.45) is 0 Å². The van der Waals surface area contributed by atoms with Crippen LogP contribution in [0.4, 0.5) is 5.69 Å². The summed E-state index contributed by atoms with van der Waals surface area (Å²) in [5.74, 6) is 0.222. The Morgan fingerprint density at radius 3 is 2.71 bits per heavy atom. The summed E-state index contributed by atoms with van der Waals surface area (Å²) in [5.41, 5.74) is 6.51. The average molecular weight is 352 g/mol. The highest BCUT2D eigenvalue weighted by atomic mass is 79.9. The van der Waals surface area contributed by atoms with Crippen LogP contribution in [0.5, 0.6) is 11.5 Å². The molecular formula is C15H14BrNO4. The van der Waals surface area contributed by atoms with Crippen molar-refractivity contribution in [3.05, 3.63) is 52.0 Å². The highest BCUT2D eigenvalue weighted by molar-refractivity contribution is 9.10. The van der Waals surface area contributed by atoms with Crippen LogP contribution in [-0.4, -0.2) is 18.2 Å². The minimum Gasteiger partial charge on any atom is -0.497 e. The average Bonchev–Trinajstić information content (AvgIpc) is 2.45. The maximum atomic E-state index is 11.2. The molecule has 0 aliphatic heterocycles. The number of carboxylic acids is 1. The van der Waals surface area contributed by atoms with Gasteiger partial charge >= 0.3 is 5.97 Å². The third-order valence-electron chi connectivity index (χ3n) is 2.92. The molecule has 0 spiro atoms. The summed E-state index contributed by atoms with van der Waals surface area (Å²) < 4.78 is 11.5. The molecule has 0 bridgehead atoms. The number of benzene rings is 2. The quantitative estimate of drug-likeness (QED) is 0.807. The molecule has 0 atom stereocenters. The largest absolute Gasteiger partial charge is 0.497 e. The first kappa shape index (κ1) is 15.2. The van der Waals surface area contributed by atoms with Gasteiger partial charge in [-0.15, -0.1) is 0 Å². The van der Waals surface area contributed by atoms with Crippen LogP contribution in [0.1, 0.15) is 15.9 Å². The molecule has 0 radical (unpaired) electrons. The molecule has 2 aromatic rings. The normalized spacial score (nSPS) is 10.2. The molecule has 0 aromatic heterocycles. The first-order valence-electron chi connectivity index (χ1n) is 6.10. The molecule has 6 heteroatoms. The molecule has 21 heavy (non-hydrogen) atoms. The van der Waals surface area contributed by atoms with Crippen LogP contribution in [-0.2, 0) is 6.61 Å². The van der Waals surface area contributed by atoms with E-state index in [1.807, 2.05) is 0 Å². The van der Waals surface area contributed by atoms with Crippen LogP contribution in [0.2, 0.25) is 0 Å². The van der Waals surface area contributed by atoms with Crippen molar-refractivity contribution in [2.45, 2.75) is 6.61 Å². The lowest BCUT2D eigenvalue weighted by atomic mass is 10.1. The molecule has 0 fully saturated rings. The van der Waals surface area contributed by atoms with E-state index in [9.17, 15) is 9.90 Å². The number of methoxy groups -OCH3 is 1. The van der Waals surface area contributed by atoms with Crippen molar-refractivity contribution in [1.82, 2.24) is 0 Å². The Morgan fingerprint density at radius 1 is 1.33 bits per heavy atom. The third-order valence-corrected chi connectivity index (χ3v) is 3.54. The Morgan fingerprint density at radius 2 is 2.10 bits per heavy atom. The second kappa shape index (κ2) is 6.49. The zero-order valence-electron chi connectivity index (χ0n) is 11.3. The molecule has 0 aliphatic rings. The number of nitrogens with two attached hydrogens (primary N) is 1. The maximum Gasteiger partial charge on any atom is 0.338 e. The number of hydrogen-bond acceptors (Lipinski definition) is 4. The van der Waals surface area contributed by atoms with Gasteiger partial charge in [0.05, 0.1) is 17.1 Å². The molecule has 0 amide bonds. The zero-order valence-corrected chi connectivity index (χ0v) is 12.9. The van der Waals surface area contributed by atoms with E-state index < -0.39 is 5.97 Å². The van der Waals surface area contributed by atoms with E-state index in [4.69, 9.17) is 15.2 Å². The molecule has 2 aromatic carbocycles. The Bertz CT molecular complexity index is 673. The summed E-state index contributed by atoms with van der Waals surface area (Å²) in [6.07, 6.45) is 0. The molecule has 0 aliphatic carbocycles. The fourth-order valence-electron chi connectivity index (χ4n) is 1.88. The molecule has 0 heterocycles. The lowest BCUT2D eigenvalue weighted by molar-refractivity contribution is 0.0695. The number of anilines is 1. The number of nitrogen functional groups attached to an aromatic ring is 1. The third kappa shape index (κ3) is 3.46. The Kier molecular flexibility index (Phi) is 4.70. The van der Waals surface area contributed by atoms with Crippen molar-refractivity contribution in [2.75, 3.05) is 12.8 Å². The van der Waals surface area contributed by atoms with Crippen molar-refractivity contribution in [3.8, 4) is 11.5 Å². The predicted octanol–water partition coefficient (Wildman–Crippen LogP) is 3.32.